The van der Waals surface area contributed by atoms with E-state index >= 15 is 0 Å². The zero-order valence-electron chi connectivity index (χ0n) is 11.3. The van der Waals surface area contributed by atoms with E-state index in [1.54, 1.807) is 11.3 Å². The predicted molar refractivity (Wildman–Crippen MR) is 76.2 cm³/mol. The van der Waals surface area contributed by atoms with E-state index in [0.29, 0.717) is 11.9 Å². The molecular formula is C15H20N2OS. The largest absolute Gasteiger partial charge is 0.337 e. The Labute approximate surface area is 118 Å². The van der Waals surface area contributed by atoms with Gasteiger partial charge in [0.1, 0.15) is 6.04 Å². The van der Waals surface area contributed by atoms with Crippen LogP contribution in [0.25, 0.3) is 0 Å². The smallest absolute Gasteiger partial charge is 0.245 e. The molecule has 3 aliphatic rings. The number of thiophene rings is 1. The van der Waals surface area contributed by atoms with Gasteiger partial charge in [-0.3, -0.25) is 4.79 Å². The number of nitrogens with zero attached hydrogens (tertiary/aromatic N) is 1. The van der Waals surface area contributed by atoms with Crippen LogP contribution < -0.4 is 5.32 Å². The number of carbonyl (C=O) groups is 1. The molecule has 4 heteroatoms. The fourth-order valence-electron chi connectivity index (χ4n) is 4.08. The summed E-state index contributed by atoms with van der Waals surface area (Å²) in [5.74, 6) is 2.06. The van der Waals surface area contributed by atoms with Crippen LogP contribution in [0.5, 0.6) is 0 Å². The zero-order chi connectivity index (χ0) is 13.0. The van der Waals surface area contributed by atoms with E-state index in [1.807, 2.05) is 7.05 Å². The molecule has 2 aliphatic carbocycles. The maximum Gasteiger partial charge on any atom is 0.245 e. The Kier molecular flexibility index (Phi) is 2.71. The summed E-state index contributed by atoms with van der Waals surface area (Å²) in [4.78, 5) is 16.3. The molecule has 102 valence electrons. The first kappa shape index (κ1) is 11.9. The van der Waals surface area contributed by atoms with Crippen LogP contribution in [0, 0.1) is 11.8 Å². The number of rotatable bonds is 2. The van der Waals surface area contributed by atoms with Crippen LogP contribution in [-0.2, 0) is 11.2 Å². The second-order valence-corrected chi connectivity index (χ2v) is 7.07. The van der Waals surface area contributed by atoms with E-state index in [-0.39, 0.29) is 6.04 Å². The first-order valence-electron chi connectivity index (χ1n) is 7.33. The van der Waals surface area contributed by atoms with Gasteiger partial charge in [0.15, 0.2) is 0 Å². The summed E-state index contributed by atoms with van der Waals surface area (Å²) in [5, 5.41) is 5.35. The van der Waals surface area contributed by atoms with Gasteiger partial charge < -0.3 is 10.2 Å². The van der Waals surface area contributed by atoms with Gasteiger partial charge >= 0.3 is 0 Å². The second-order valence-electron chi connectivity index (χ2n) is 6.12. The molecule has 19 heavy (non-hydrogen) atoms. The molecule has 1 aliphatic heterocycles. The van der Waals surface area contributed by atoms with Gasteiger partial charge in [-0.05, 0) is 61.6 Å². The number of hydrogen-bond acceptors (Lipinski definition) is 3. The van der Waals surface area contributed by atoms with Crippen molar-refractivity contribution in [1.82, 2.24) is 10.2 Å². The first-order chi connectivity index (χ1) is 9.29. The van der Waals surface area contributed by atoms with E-state index in [9.17, 15) is 4.79 Å². The molecule has 0 saturated heterocycles. The standard InChI is InChI=1S/C15H20N2OS/c1-16-13-14-9(5-7-19-14)4-6-17(15(13)18)12-3-2-10-8-11(10)12/h5,7,10-13,16H,2-4,6,8H2,1H3. The molecule has 0 bridgehead atoms. The van der Waals surface area contributed by atoms with Crippen molar-refractivity contribution in [2.45, 2.75) is 37.8 Å². The third-order valence-corrected chi connectivity index (χ3v) is 6.21. The lowest BCUT2D eigenvalue weighted by Gasteiger charge is -2.31. The lowest BCUT2D eigenvalue weighted by atomic mass is 10.1. The molecule has 2 saturated carbocycles. The van der Waals surface area contributed by atoms with Crippen LogP contribution in [-0.4, -0.2) is 30.4 Å². The minimum atomic E-state index is -0.115. The van der Waals surface area contributed by atoms with Gasteiger partial charge in [-0.1, -0.05) is 0 Å². The number of likely N-dealkylation sites (N-methyl/N-ethyl adjacent to an activating group) is 1. The highest BCUT2D eigenvalue weighted by atomic mass is 32.1. The quantitative estimate of drug-likeness (QED) is 0.898. The van der Waals surface area contributed by atoms with Gasteiger partial charge in [0, 0.05) is 17.5 Å². The molecule has 4 rings (SSSR count). The summed E-state index contributed by atoms with van der Waals surface area (Å²) in [6.45, 7) is 0.911. The van der Waals surface area contributed by atoms with Crippen molar-refractivity contribution < 1.29 is 4.79 Å². The lowest BCUT2D eigenvalue weighted by molar-refractivity contribution is -0.135. The van der Waals surface area contributed by atoms with E-state index in [1.165, 1.54) is 29.7 Å². The monoisotopic (exact) mass is 276 g/mol. The molecule has 0 spiro atoms. The number of carbonyl (C=O) groups excluding carboxylic acids is 1. The highest BCUT2D eigenvalue weighted by Crippen LogP contribution is 2.54. The number of amides is 1. The SMILES string of the molecule is CNC1C(=O)N(C2CCC3CC32)CCc2ccsc21. The summed E-state index contributed by atoms with van der Waals surface area (Å²) in [6.07, 6.45) is 4.95. The van der Waals surface area contributed by atoms with Gasteiger partial charge in [-0.2, -0.15) is 0 Å². The molecule has 4 atom stereocenters. The molecule has 4 unspecified atom stereocenters. The topological polar surface area (TPSA) is 32.3 Å². The third-order valence-electron chi connectivity index (χ3n) is 5.19. The first-order valence-corrected chi connectivity index (χ1v) is 8.21. The Morgan fingerprint density at radius 2 is 2.32 bits per heavy atom. The molecule has 2 heterocycles. The van der Waals surface area contributed by atoms with Crippen LogP contribution >= 0.6 is 11.3 Å². The lowest BCUT2D eigenvalue weighted by Crippen LogP contribution is -2.45. The second kappa shape index (κ2) is 4.32. The van der Waals surface area contributed by atoms with Crippen molar-refractivity contribution in [3.63, 3.8) is 0 Å². The Hall–Kier alpha value is -0.870. The van der Waals surface area contributed by atoms with Gasteiger partial charge in [0.25, 0.3) is 0 Å². The summed E-state index contributed by atoms with van der Waals surface area (Å²) < 4.78 is 0. The van der Waals surface area contributed by atoms with Crippen molar-refractivity contribution in [2.24, 2.45) is 11.8 Å². The average molecular weight is 276 g/mol. The summed E-state index contributed by atoms with van der Waals surface area (Å²) >= 11 is 1.72. The van der Waals surface area contributed by atoms with Crippen LogP contribution in [0.2, 0.25) is 0 Å². The molecule has 2 fully saturated rings. The summed E-state index contributed by atoms with van der Waals surface area (Å²) in [5.41, 5.74) is 1.37. The molecular weight excluding hydrogens is 256 g/mol. The molecule has 1 aromatic heterocycles. The van der Waals surface area contributed by atoms with E-state index in [4.69, 9.17) is 0 Å². The Morgan fingerprint density at radius 3 is 3.00 bits per heavy atom. The fourth-order valence-corrected chi connectivity index (χ4v) is 5.14. The molecule has 1 amide bonds. The molecule has 1 N–H and O–H groups in total. The van der Waals surface area contributed by atoms with Crippen LogP contribution in [0.4, 0.5) is 0 Å². The van der Waals surface area contributed by atoms with Crippen molar-refractivity contribution in [3.8, 4) is 0 Å². The zero-order valence-corrected chi connectivity index (χ0v) is 12.1. The highest BCUT2D eigenvalue weighted by Gasteiger charge is 2.51. The molecule has 1 aromatic rings. The number of fused-ring (bicyclic) bond motifs is 2. The van der Waals surface area contributed by atoms with Crippen molar-refractivity contribution in [1.29, 1.82) is 0 Å². The van der Waals surface area contributed by atoms with E-state index in [0.717, 1.165) is 24.8 Å². The number of nitrogens with one attached hydrogen (secondary N) is 1. The third kappa shape index (κ3) is 1.77. The van der Waals surface area contributed by atoms with Gasteiger partial charge in [-0.25, -0.2) is 0 Å². The molecule has 0 radical (unpaired) electrons. The normalized spacial score (nSPS) is 36.9. The van der Waals surface area contributed by atoms with Crippen molar-refractivity contribution in [2.75, 3.05) is 13.6 Å². The Balaban J connectivity index is 1.64. The van der Waals surface area contributed by atoms with Crippen LogP contribution in [0.15, 0.2) is 11.4 Å². The Morgan fingerprint density at radius 1 is 1.42 bits per heavy atom. The number of hydrogen-bond donors (Lipinski definition) is 1. The van der Waals surface area contributed by atoms with Gasteiger partial charge in [0.05, 0.1) is 0 Å². The van der Waals surface area contributed by atoms with Gasteiger partial charge in [-0.15, -0.1) is 11.3 Å². The van der Waals surface area contributed by atoms with Crippen molar-refractivity contribution >= 4 is 17.2 Å². The fraction of sp³-hybridized carbons (Fsp3) is 0.667. The molecule has 3 nitrogen and oxygen atoms in total. The summed E-state index contributed by atoms with van der Waals surface area (Å²) in [7, 11) is 1.91. The molecule has 0 aromatic carbocycles. The average Bonchev–Trinajstić information content (AvgIpc) is 2.89. The van der Waals surface area contributed by atoms with Crippen LogP contribution in [0.1, 0.15) is 35.7 Å². The van der Waals surface area contributed by atoms with E-state index in [2.05, 4.69) is 21.7 Å². The van der Waals surface area contributed by atoms with E-state index < -0.39 is 0 Å². The predicted octanol–water partition coefficient (Wildman–Crippen LogP) is 2.19. The van der Waals surface area contributed by atoms with Crippen molar-refractivity contribution in [3.05, 3.63) is 21.9 Å². The maximum atomic E-state index is 12.9. The summed E-state index contributed by atoms with van der Waals surface area (Å²) in [6, 6.07) is 2.60. The highest BCUT2D eigenvalue weighted by molar-refractivity contribution is 7.10. The Bertz CT molecular complexity index is 512. The van der Waals surface area contributed by atoms with Gasteiger partial charge in [0.2, 0.25) is 5.91 Å². The maximum absolute atomic E-state index is 12.9. The van der Waals surface area contributed by atoms with Crippen LogP contribution in [0.3, 0.4) is 0 Å². The minimum Gasteiger partial charge on any atom is -0.337 e. The minimum absolute atomic E-state index is 0.115.